The number of nitrogens with one attached hydrogen (secondary N) is 3. The largest absolute Gasteiger partial charge is 0.618 e. The van der Waals surface area contributed by atoms with Crippen molar-refractivity contribution >= 4 is 35.3 Å². The van der Waals surface area contributed by atoms with Gasteiger partial charge < -0.3 is 5.21 Å². The molecule has 3 aliphatic heterocycles. The lowest BCUT2D eigenvalue weighted by molar-refractivity contribution is -0.645. The van der Waals surface area contributed by atoms with Crippen molar-refractivity contribution in [2.75, 3.05) is 13.1 Å². The van der Waals surface area contributed by atoms with E-state index in [2.05, 4.69) is 16.0 Å². The van der Waals surface area contributed by atoms with Crippen molar-refractivity contribution in [2.24, 2.45) is 0 Å². The minimum Gasteiger partial charge on any atom is -0.618 e. The Kier molecular flexibility index (Phi) is 7.87. The Morgan fingerprint density at radius 3 is 1.93 bits per heavy atom. The SMILES string of the molecule is O=[N+]1CCCCC1SC1NC(Sc2cccc[n+]2[O-])NC(SC2CCCC[N+]2=O)N1. The maximum atomic E-state index is 12.2. The molecule has 0 radical (unpaired) electrons. The van der Waals surface area contributed by atoms with E-state index in [1.807, 2.05) is 6.07 Å². The van der Waals surface area contributed by atoms with E-state index in [0.717, 1.165) is 43.3 Å². The van der Waals surface area contributed by atoms with E-state index in [1.165, 1.54) is 27.5 Å². The Morgan fingerprint density at radius 1 is 0.833 bits per heavy atom. The summed E-state index contributed by atoms with van der Waals surface area (Å²) in [6, 6.07) is 5.33. The summed E-state index contributed by atoms with van der Waals surface area (Å²) in [6.45, 7) is 1.15. The first-order chi connectivity index (χ1) is 14.6. The van der Waals surface area contributed by atoms with Gasteiger partial charge in [0.2, 0.25) is 10.7 Å². The summed E-state index contributed by atoms with van der Waals surface area (Å²) in [4.78, 5) is 24.5. The van der Waals surface area contributed by atoms with Crippen LogP contribution in [0.4, 0.5) is 0 Å². The minimum absolute atomic E-state index is 0.0926. The third-order valence-electron chi connectivity index (χ3n) is 5.32. The second-order valence-electron chi connectivity index (χ2n) is 7.58. The van der Waals surface area contributed by atoms with Gasteiger partial charge >= 0.3 is 0 Å². The molecule has 4 unspecified atom stereocenters. The average molecular weight is 473 g/mol. The van der Waals surface area contributed by atoms with E-state index < -0.39 is 0 Å². The van der Waals surface area contributed by atoms with Crippen LogP contribution in [0.2, 0.25) is 0 Å². The van der Waals surface area contributed by atoms with Crippen molar-refractivity contribution in [1.29, 1.82) is 0 Å². The highest BCUT2D eigenvalue weighted by atomic mass is 32.2. The van der Waals surface area contributed by atoms with Gasteiger partial charge in [-0.1, -0.05) is 0 Å². The van der Waals surface area contributed by atoms with Gasteiger partial charge in [0, 0.05) is 57.2 Å². The molecule has 3 fully saturated rings. The summed E-state index contributed by atoms with van der Waals surface area (Å²) in [7, 11) is 0. The van der Waals surface area contributed by atoms with Crippen LogP contribution in [0.1, 0.15) is 38.5 Å². The standard InChI is InChI=1S/C18H28N6O3S3/c25-22-10-4-1-7-13(22)28-16-19-17(29-14-8-2-5-11-23(14)26)21-18(20-16)30-15-9-3-6-12-24(15)27/h1,4,7,10,14-21H,2-3,5-6,8-9,11-12H2/q+2. The van der Waals surface area contributed by atoms with Gasteiger partial charge in [0.05, 0.1) is 0 Å². The smallest absolute Gasteiger partial charge is 0.254 e. The van der Waals surface area contributed by atoms with Gasteiger partial charge in [-0.05, 0) is 54.2 Å². The molecular formula is C18H28N6O3S3+2. The summed E-state index contributed by atoms with van der Waals surface area (Å²) in [5, 5.41) is 22.9. The fourth-order valence-electron chi connectivity index (χ4n) is 3.74. The molecule has 1 aromatic heterocycles. The highest BCUT2D eigenvalue weighted by molar-refractivity contribution is 8.01. The number of hydrogen-bond acceptors (Lipinski definition) is 9. The molecule has 0 saturated carbocycles. The van der Waals surface area contributed by atoms with Crippen LogP contribution in [0.3, 0.4) is 0 Å². The third-order valence-corrected chi connectivity index (χ3v) is 9.05. The average Bonchev–Trinajstić information content (AvgIpc) is 2.73. The quantitative estimate of drug-likeness (QED) is 0.424. The van der Waals surface area contributed by atoms with Crippen LogP contribution in [0, 0.1) is 15.0 Å². The Hall–Kier alpha value is -0.920. The molecule has 0 amide bonds. The van der Waals surface area contributed by atoms with E-state index >= 15 is 0 Å². The predicted octanol–water partition coefficient (Wildman–Crippen LogP) is 2.09. The molecule has 12 heteroatoms. The molecular weight excluding hydrogens is 444 g/mol. The number of aromatic nitrogens is 1. The molecule has 0 aromatic carbocycles. The molecule has 0 aliphatic carbocycles. The van der Waals surface area contributed by atoms with E-state index in [1.54, 1.807) is 35.7 Å². The van der Waals surface area contributed by atoms with Crippen LogP contribution < -0.4 is 20.7 Å². The molecule has 9 nitrogen and oxygen atoms in total. The zero-order valence-electron chi connectivity index (χ0n) is 16.6. The van der Waals surface area contributed by atoms with Crippen molar-refractivity contribution in [2.45, 2.75) is 70.8 Å². The van der Waals surface area contributed by atoms with Gasteiger partial charge in [0.15, 0.2) is 19.3 Å². The molecule has 4 heterocycles. The van der Waals surface area contributed by atoms with Gasteiger partial charge in [-0.15, -0.1) is 0 Å². The number of nitrogens with zero attached hydrogens (tertiary/aromatic N) is 3. The molecule has 3 N–H and O–H groups in total. The summed E-state index contributed by atoms with van der Waals surface area (Å²) in [6.07, 6.45) is 7.24. The number of pyridine rings is 1. The van der Waals surface area contributed by atoms with Crippen LogP contribution >= 0.6 is 35.3 Å². The lowest BCUT2D eigenvalue weighted by Gasteiger charge is -2.38. The summed E-state index contributed by atoms with van der Waals surface area (Å²) >= 11 is 4.57. The topological polar surface area (TPSA) is 103 Å². The monoisotopic (exact) mass is 472 g/mol. The van der Waals surface area contributed by atoms with E-state index in [4.69, 9.17) is 0 Å². The second-order valence-corrected chi connectivity index (χ2v) is 11.3. The Balaban J connectivity index is 1.44. The van der Waals surface area contributed by atoms with Gasteiger partial charge in [0.1, 0.15) is 16.5 Å². The Morgan fingerprint density at radius 2 is 1.40 bits per heavy atom. The zero-order chi connectivity index (χ0) is 20.9. The molecule has 3 saturated heterocycles. The maximum Gasteiger partial charge on any atom is 0.254 e. The lowest BCUT2D eigenvalue weighted by atomic mass is 10.2. The van der Waals surface area contributed by atoms with Crippen LogP contribution in [0.5, 0.6) is 0 Å². The first-order valence-corrected chi connectivity index (χ1v) is 13.2. The van der Waals surface area contributed by atoms with Crippen LogP contribution in [-0.2, 0) is 0 Å². The highest BCUT2D eigenvalue weighted by Gasteiger charge is 2.40. The first kappa shape index (κ1) is 22.3. The molecule has 4 rings (SSSR count). The van der Waals surface area contributed by atoms with Crippen molar-refractivity contribution in [1.82, 2.24) is 16.0 Å². The molecule has 30 heavy (non-hydrogen) atoms. The van der Waals surface area contributed by atoms with Crippen LogP contribution in [0.25, 0.3) is 0 Å². The Labute approximate surface area is 188 Å². The van der Waals surface area contributed by atoms with E-state index in [9.17, 15) is 15.0 Å². The first-order valence-electron chi connectivity index (χ1n) is 10.4. The lowest BCUT2D eigenvalue weighted by Crippen LogP contribution is -2.65. The molecule has 0 bridgehead atoms. The predicted molar refractivity (Wildman–Crippen MR) is 119 cm³/mol. The van der Waals surface area contributed by atoms with Gasteiger partial charge in [-0.25, -0.2) is 0 Å². The summed E-state index contributed by atoms with van der Waals surface area (Å²) < 4.78 is 3.20. The summed E-state index contributed by atoms with van der Waals surface area (Å²) in [5.74, 6) is 0. The van der Waals surface area contributed by atoms with Crippen molar-refractivity contribution in [3.8, 4) is 0 Å². The maximum absolute atomic E-state index is 12.2. The molecule has 4 atom stereocenters. The molecule has 3 aliphatic rings. The number of hydrogen-bond donors (Lipinski definition) is 3. The van der Waals surface area contributed by atoms with Crippen molar-refractivity contribution < 1.29 is 14.3 Å². The Bertz CT molecular complexity index is 734. The minimum atomic E-state index is -0.226. The van der Waals surface area contributed by atoms with Gasteiger partial charge in [-0.2, -0.15) is 4.73 Å². The molecule has 164 valence electrons. The third kappa shape index (κ3) is 5.86. The number of nitroso groups, excluding NO2 is 2. The number of thioether (sulfide) groups is 3. The van der Waals surface area contributed by atoms with E-state index in [0.29, 0.717) is 18.1 Å². The number of piperidine rings is 2. The molecule has 1 aromatic rings. The van der Waals surface area contributed by atoms with Crippen molar-refractivity contribution in [3.63, 3.8) is 0 Å². The van der Waals surface area contributed by atoms with Crippen LogP contribution in [0.15, 0.2) is 29.4 Å². The molecule has 0 spiro atoms. The fraction of sp³-hybridized carbons (Fsp3) is 0.722. The highest BCUT2D eigenvalue weighted by Crippen LogP contribution is 2.32. The van der Waals surface area contributed by atoms with Crippen molar-refractivity contribution in [3.05, 3.63) is 39.4 Å². The summed E-state index contributed by atoms with van der Waals surface area (Å²) in [5.41, 5.74) is -0.544. The second kappa shape index (κ2) is 10.6. The van der Waals surface area contributed by atoms with Gasteiger partial charge in [-0.3, -0.25) is 16.0 Å². The number of rotatable bonds is 6. The fourth-order valence-corrected chi connectivity index (χ4v) is 7.55. The van der Waals surface area contributed by atoms with Gasteiger partial charge in [0.25, 0.3) is 5.03 Å². The zero-order valence-corrected chi connectivity index (χ0v) is 19.1. The van der Waals surface area contributed by atoms with E-state index in [-0.39, 0.29) is 27.2 Å². The van der Waals surface area contributed by atoms with Crippen LogP contribution in [-0.4, -0.2) is 49.9 Å². The normalized spacial score (nSPS) is 32.9.